The molecule has 14 heavy (non-hydrogen) atoms. The summed E-state index contributed by atoms with van der Waals surface area (Å²) in [5, 5.41) is -0.103. The standard InChI is InChI=1S/C10H17NO2S/c1-3-5-11-9(12)7-8(10(11)13)14-6-4-2/h8H,3-7H2,1-2H3. The molecule has 80 valence electrons. The molecule has 3 nitrogen and oxygen atoms in total. The lowest BCUT2D eigenvalue weighted by Crippen LogP contribution is -2.31. The van der Waals surface area contributed by atoms with Gasteiger partial charge in [0.05, 0.1) is 5.25 Å². The van der Waals surface area contributed by atoms with E-state index in [1.807, 2.05) is 6.92 Å². The first-order valence-electron chi connectivity index (χ1n) is 5.16. The molecule has 1 heterocycles. The van der Waals surface area contributed by atoms with Gasteiger partial charge in [-0.15, -0.1) is 11.8 Å². The second-order valence-corrected chi connectivity index (χ2v) is 4.76. The van der Waals surface area contributed by atoms with Crippen LogP contribution in [0.2, 0.25) is 0 Å². The molecule has 0 spiro atoms. The number of thioether (sulfide) groups is 1. The fraction of sp³-hybridized carbons (Fsp3) is 0.800. The number of hydrogen-bond acceptors (Lipinski definition) is 3. The monoisotopic (exact) mass is 215 g/mol. The van der Waals surface area contributed by atoms with E-state index in [9.17, 15) is 9.59 Å². The van der Waals surface area contributed by atoms with Crippen LogP contribution in [0.3, 0.4) is 0 Å². The van der Waals surface area contributed by atoms with Crippen molar-refractivity contribution in [2.45, 2.75) is 38.4 Å². The first kappa shape index (κ1) is 11.6. The summed E-state index contributed by atoms with van der Waals surface area (Å²) >= 11 is 1.61. The van der Waals surface area contributed by atoms with Crippen molar-refractivity contribution in [3.8, 4) is 0 Å². The Morgan fingerprint density at radius 2 is 2.07 bits per heavy atom. The minimum absolute atomic E-state index is 0.00505. The van der Waals surface area contributed by atoms with E-state index >= 15 is 0 Å². The number of imide groups is 1. The van der Waals surface area contributed by atoms with Crippen LogP contribution >= 0.6 is 11.8 Å². The first-order chi connectivity index (χ1) is 6.70. The fourth-order valence-electron chi connectivity index (χ4n) is 1.50. The van der Waals surface area contributed by atoms with E-state index in [2.05, 4.69) is 6.92 Å². The maximum absolute atomic E-state index is 11.7. The normalized spacial score (nSPS) is 22.1. The van der Waals surface area contributed by atoms with Gasteiger partial charge >= 0.3 is 0 Å². The Labute approximate surface area is 89.2 Å². The van der Waals surface area contributed by atoms with E-state index < -0.39 is 0 Å². The van der Waals surface area contributed by atoms with Crippen molar-refractivity contribution in [1.29, 1.82) is 0 Å². The van der Waals surface area contributed by atoms with E-state index in [0.717, 1.165) is 18.6 Å². The predicted octanol–water partition coefficient (Wildman–Crippen LogP) is 1.67. The number of rotatable bonds is 5. The number of hydrogen-bond donors (Lipinski definition) is 0. The fourth-order valence-corrected chi connectivity index (χ4v) is 2.55. The molecule has 1 fully saturated rings. The summed E-state index contributed by atoms with van der Waals surface area (Å²) in [5.41, 5.74) is 0. The number of nitrogens with zero attached hydrogens (tertiary/aromatic N) is 1. The molecule has 0 aromatic heterocycles. The average molecular weight is 215 g/mol. The van der Waals surface area contributed by atoms with Crippen LogP contribution in [0.25, 0.3) is 0 Å². The van der Waals surface area contributed by atoms with Crippen LogP contribution in [-0.2, 0) is 9.59 Å². The molecule has 1 aliphatic heterocycles. The molecule has 0 saturated carbocycles. The number of likely N-dealkylation sites (tertiary alicyclic amines) is 1. The van der Waals surface area contributed by atoms with Gasteiger partial charge in [0.1, 0.15) is 0 Å². The molecule has 0 N–H and O–H groups in total. The largest absolute Gasteiger partial charge is 0.282 e. The molecule has 1 saturated heterocycles. The van der Waals surface area contributed by atoms with Gasteiger partial charge in [0.15, 0.2) is 0 Å². The lowest BCUT2D eigenvalue weighted by molar-refractivity contribution is -0.138. The van der Waals surface area contributed by atoms with Gasteiger partial charge in [-0.05, 0) is 18.6 Å². The van der Waals surface area contributed by atoms with Gasteiger partial charge in [0.2, 0.25) is 11.8 Å². The SMILES string of the molecule is CCCSC1CC(=O)N(CCC)C1=O. The van der Waals surface area contributed by atoms with E-state index in [1.54, 1.807) is 11.8 Å². The third-order valence-corrected chi connectivity index (χ3v) is 3.59. The quantitative estimate of drug-likeness (QED) is 0.655. The Morgan fingerprint density at radius 1 is 1.36 bits per heavy atom. The summed E-state index contributed by atoms with van der Waals surface area (Å²) in [6.07, 6.45) is 2.31. The molecule has 0 bridgehead atoms. The highest BCUT2D eigenvalue weighted by Crippen LogP contribution is 2.25. The molecule has 0 radical (unpaired) electrons. The zero-order valence-corrected chi connectivity index (χ0v) is 9.60. The molecule has 2 amide bonds. The van der Waals surface area contributed by atoms with E-state index in [0.29, 0.717) is 13.0 Å². The van der Waals surface area contributed by atoms with Crippen molar-refractivity contribution in [3.63, 3.8) is 0 Å². The molecule has 1 unspecified atom stereocenters. The van der Waals surface area contributed by atoms with Crippen LogP contribution in [0.4, 0.5) is 0 Å². The molecule has 0 aliphatic carbocycles. The Bertz CT molecular complexity index is 230. The molecule has 4 heteroatoms. The van der Waals surface area contributed by atoms with Crippen molar-refractivity contribution >= 4 is 23.6 Å². The third kappa shape index (κ3) is 2.50. The summed E-state index contributed by atoms with van der Waals surface area (Å²) in [5.74, 6) is 0.990. The topological polar surface area (TPSA) is 37.4 Å². The van der Waals surface area contributed by atoms with Gasteiger partial charge in [-0.1, -0.05) is 13.8 Å². The molecule has 0 aromatic rings. The summed E-state index contributed by atoms with van der Waals surface area (Å²) in [6, 6.07) is 0. The van der Waals surface area contributed by atoms with E-state index in [4.69, 9.17) is 0 Å². The average Bonchev–Trinajstić information content (AvgIpc) is 2.43. The summed E-state index contributed by atoms with van der Waals surface area (Å²) in [7, 11) is 0. The molecule has 0 aromatic carbocycles. The smallest absolute Gasteiger partial charge is 0.242 e. The summed E-state index contributed by atoms with van der Waals surface area (Å²) in [6.45, 7) is 4.64. The van der Waals surface area contributed by atoms with Crippen molar-refractivity contribution in [1.82, 2.24) is 4.90 Å². The van der Waals surface area contributed by atoms with E-state index in [1.165, 1.54) is 4.90 Å². The number of carbonyl (C=O) groups is 2. The number of carbonyl (C=O) groups excluding carboxylic acids is 2. The minimum atomic E-state index is -0.103. The highest BCUT2D eigenvalue weighted by molar-refractivity contribution is 8.00. The van der Waals surface area contributed by atoms with Gasteiger partial charge in [-0.25, -0.2) is 0 Å². The van der Waals surface area contributed by atoms with Gasteiger partial charge in [0, 0.05) is 13.0 Å². The van der Waals surface area contributed by atoms with Crippen LogP contribution in [0.1, 0.15) is 33.1 Å². The van der Waals surface area contributed by atoms with Crippen molar-refractivity contribution in [3.05, 3.63) is 0 Å². The minimum Gasteiger partial charge on any atom is -0.282 e. The third-order valence-electron chi connectivity index (χ3n) is 2.17. The van der Waals surface area contributed by atoms with Crippen LogP contribution in [0.5, 0.6) is 0 Å². The van der Waals surface area contributed by atoms with E-state index in [-0.39, 0.29) is 17.1 Å². The van der Waals surface area contributed by atoms with Crippen molar-refractivity contribution in [2.75, 3.05) is 12.3 Å². The van der Waals surface area contributed by atoms with Crippen LogP contribution in [0, 0.1) is 0 Å². The van der Waals surface area contributed by atoms with Crippen LogP contribution in [-0.4, -0.2) is 34.3 Å². The van der Waals surface area contributed by atoms with Gasteiger partial charge in [-0.2, -0.15) is 0 Å². The maximum atomic E-state index is 11.7. The maximum Gasteiger partial charge on any atom is 0.242 e. The lowest BCUT2D eigenvalue weighted by Gasteiger charge is -2.12. The molecular formula is C10H17NO2S. The zero-order valence-electron chi connectivity index (χ0n) is 8.78. The van der Waals surface area contributed by atoms with Gasteiger partial charge < -0.3 is 0 Å². The summed E-state index contributed by atoms with van der Waals surface area (Å²) in [4.78, 5) is 24.5. The summed E-state index contributed by atoms with van der Waals surface area (Å²) < 4.78 is 0. The van der Waals surface area contributed by atoms with Gasteiger partial charge in [-0.3, -0.25) is 14.5 Å². The van der Waals surface area contributed by atoms with Crippen LogP contribution < -0.4 is 0 Å². The molecular weight excluding hydrogens is 198 g/mol. The van der Waals surface area contributed by atoms with Crippen molar-refractivity contribution in [2.24, 2.45) is 0 Å². The first-order valence-corrected chi connectivity index (χ1v) is 6.21. The second-order valence-electron chi connectivity index (χ2n) is 3.45. The molecule has 1 aliphatic rings. The Hall–Kier alpha value is -0.510. The Kier molecular flexibility index (Phi) is 4.45. The zero-order chi connectivity index (χ0) is 10.6. The Balaban J connectivity index is 2.51. The van der Waals surface area contributed by atoms with Crippen LogP contribution in [0.15, 0.2) is 0 Å². The Morgan fingerprint density at radius 3 is 2.64 bits per heavy atom. The molecule has 1 atom stereocenters. The molecule has 1 rings (SSSR count). The highest BCUT2D eigenvalue weighted by atomic mass is 32.2. The van der Waals surface area contributed by atoms with Crippen molar-refractivity contribution < 1.29 is 9.59 Å². The predicted molar refractivity (Wildman–Crippen MR) is 58.2 cm³/mol. The highest BCUT2D eigenvalue weighted by Gasteiger charge is 2.37. The number of amides is 2. The second kappa shape index (κ2) is 5.39. The van der Waals surface area contributed by atoms with Gasteiger partial charge in [0.25, 0.3) is 0 Å². The lowest BCUT2D eigenvalue weighted by atomic mass is 10.4.